The summed E-state index contributed by atoms with van der Waals surface area (Å²) in [5.41, 5.74) is 4.02. The SMILES string of the molecule is CCOC(=O)C1=C(C)NC2=C(C(=O)CCC2)[C@@H]1c1ccccc1I. The maximum Gasteiger partial charge on any atom is 0.336 e. The zero-order valence-electron chi connectivity index (χ0n) is 13.8. The second kappa shape index (κ2) is 7.09. The topological polar surface area (TPSA) is 55.4 Å². The van der Waals surface area contributed by atoms with Crippen molar-refractivity contribution in [2.45, 2.75) is 39.0 Å². The van der Waals surface area contributed by atoms with E-state index in [9.17, 15) is 9.59 Å². The predicted molar refractivity (Wildman–Crippen MR) is 100 cm³/mol. The highest BCUT2D eigenvalue weighted by Crippen LogP contribution is 2.43. The van der Waals surface area contributed by atoms with E-state index in [0.717, 1.165) is 38.9 Å². The molecule has 1 atom stereocenters. The van der Waals surface area contributed by atoms with E-state index in [1.165, 1.54) is 0 Å². The molecule has 1 aromatic carbocycles. The van der Waals surface area contributed by atoms with Gasteiger partial charge in [-0.3, -0.25) is 4.79 Å². The number of hydrogen-bond acceptors (Lipinski definition) is 4. The van der Waals surface area contributed by atoms with Crippen molar-refractivity contribution in [3.05, 3.63) is 55.9 Å². The Balaban J connectivity index is 2.19. The van der Waals surface area contributed by atoms with E-state index in [-0.39, 0.29) is 17.7 Å². The highest BCUT2D eigenvalue weighted by atomic mass is 127. The summed E-state index contributed by atoms with van der Waals surface area (Å²) in [6.45, 7) is 3.99. The molecule has 5 heteroatoms. The summed E-state index contributed by atoms with van der Waals surface area (Å²) < 4.78 is 6.33. The van der Waals surface area contributed by atoms with Gasteiger partial charge in [0.05, 0.1) is 12.2 Å². The first-order valence-electron chi connectivity index (χ1n) is 8.20. The van der Waals surface area contributed by atoms with E-state index in [0.29, 0.717) is 18.6 Å². The smallest absolute Gasteiger partial charge is 0.336 e. The number of benzene rings is 1. The molecule has 0 fully saturated rings. The standard InChI is InChI=1S/C19H20INO3/c1-3-24-19(23)16-11(2)21-14-9-6-10-15(22)18(14)17(16)12-7-4-5-8-13(12)20/h4-5,7-8,17,21H,3,6,9-10H2,1-2H3/t17-/m1/s1. The first kappa shape index (κ1) is 17.2. The van der Waals surface area contributed by atoms with Gasteiger partial charge in [-0.15, -0.1) is 0 Å². The number of allylic oxidation sites excluding steroid dienone is 3. The van der Waals surface area contributed by atoms with E-state index < -0.39 is 0 Å². The van der Waals surface area contributed by atoms with Crippen LogP contribution in [-0.4, -0.2) is 18.4 Å². The monoisotopic (exact) mass is 437 g/mol. The van der Waals surface area contributed by atoms with Gasteiger partial charge in [0, 0.05) is 32.9 Å². The van der Waals surface area contributed by atoms with E-state index in [1.54, 1.807) is 6.92 Å². The number of carbonyl (C=O) groups is 2. The molecular weight excluding hydrogens is 417 g/mol. The molecule has 1 aliphatic heterocycles. The number of nitrogens with one attached hydrogen (secondary N) is 1. The van der Waals surface area contributed by atoms with Gasteiger partial charge in [-0.1, -0.05) is 18.2 Å². The van der Waals surface area contributed by atoms with Gasteiger partial charge in [0.1, 0.15) is 0 Å². The van der Waals surface area contributed by atoms with Gasteiger partial charge in [-0.25, -0.2) is 4.79 Å². The summed E-state index contributed by atoms with van der Waals surface area (Å²) in [5.74, 6) is -0.569. The Bertz CT molecular complexity index is 764. The van der Waals surface area contributed by atoms with Crippen LogP contribution in [-0.2, 0) is 14.3 Å². The molecule has 4 nitrogen and oxygen atoms in total. The van der Waals surface area contributed by atoms with Gasteiger partial charge in [-0.2, -0.15) is 0 Å². The molecule has 0 bridgehead atoms. The van der Waals surface area contributed by atoms with Crippen LogP contribution in [0.25, 0.3) is 0 Å². The molecule has 0 unspecified atom stereocenters. The average Bonchev–Trinajstić information content (AvgIpc) is 2.54. The maximum atomic E-state index is 12.7. The van der Waals surface area contributed by atoms with Crippen LogP contribution in [0.4, 0.5) is 0 Å². The average molecular weight is 437 g/mol. The highest BCUT2D eigenvalue weighted by molar-refractivity contribution is 14.1. The van der Waals surface area contributed by atoms with Crippen LogP contribution in [0.2, 0.25) is 0 Å². The third-order valence-electron chi connectivity index (χ3n) is 4.49. The van der Waals surface area contributed by atoms with E-state index in [1.807, 2.05) is 31.2 Å². The van der Waals surface area contributed by atoms with E-state index >= 15 is 0 Å². The Morgan fingerprint density at radius 2 is 2.08 bits per heavy atom. The van der Waals surface area contributed by atoms with Crippen LogP contribution in [0.3, 0.4) is 0 Å². The number of ketones is 1. The molecular formula is C19H20INO3. The van der Waals surface area contributed by atoms with Crippen molar-refractivity contribution >= 4 is 34.3 Å². The fourth-order valence-electron chi connectivity index (χ4n) is 3.48. The Morgan fingerprint density at radius 1 is 1.33 bits per heavy atom. The molecule has 1 heterocycles. The minimum atomic E-state index is -0.350. The second-order valence-electron chi connectivity index (χ2n) is 6.01. The zero-order valence-corrected chi connectivity index (χ0v) is 16.0. The van der Waals surface area contributed by atoms with Crippen molar-refractivity contribution in [1.82, 2.24) is 5.32 Å². The van der Waals surface area contributed by atoms with Crippen molar-refractivity contribution in [2.75, 3.05) is 6.61 Å². The van der Waals surface area contributed by atoms with Gasteiger partial charge in [0.15, 0.2) is 5.78 Å². The summed E-state index contributed by atoms with van der Waals surface area (Å²) in [7, 11) is 0. The minimum absolute atomic E-state index is 0.128. The minimum Gasteiger partial charge on any atom is -0.463 e. The van der Waals surface area contributed by atoms with Gasteiger partial charge in [-0.05, 0) is 60.9 Å². The predicted octanol–water partition coefficient (Wildman–Crippen LogP) is 3.82. The molecule has 2 aliphatic rings. The Labute approximate surface area is 155 Å². The Hall–Kier alpha value is -1.63. The maximum absolute atomic E-state index is 12.7. The lowest BCUT2D eigenvalue weighted by Crippen LogP contribution is -2.34. The number of rotatable bonds is 3. The van der Waals surface area contributed by atoms with Gasteiger partial charge in [0.2, 0.25) is 0 Å². The summed E-state index contributed by atoms with van der Waals surface area (Å²) in [6.07, 6.45) is 2.23. The number of Topliss-reactive ketones (excluding diaryl/α,β-unsaturated/α-hetero) is 1. The molecule has 0 radical (unpaired) electrons. The number of dihydropyridines is 1. The molecule has 1 aromatic rings. The quantitative estimate of drug-likeness (QED) is 0.577. The molecule has 24 heavy (non-hydrogen) atoms. The molecule has 0 saturated heterocycles. The van der Waals surface area contributed by atoms with E-state index in [4.69, 9.17) is 4.74 Å². The fraction of sp³-hybridized carbons (Fsp3) is 0.368. The van der Waals surface area contributed by atoms with Crippen molar-refractivity contribution in [3.63, 3.8) is 0 Å². The highest BCUT2D eigenvalue weighted by Gasteiger charge is 2.39. The number of halogens is 1. The summed E-state index contributed by atoms with van der Waals surface area (Å²) in [5, 5.41) is 3.29. The van der Waals surface area contributed by atoms with Crippen LogP contribution >= 0.6 is 22.6 Å². The van der Waals surface area contributed by atoms with Crippen LogP contribution < -0.4 is 5.32 Å². The van der Waals surface area contributed by atoms with Crippen LogP contribution in [0.1, 0.15) is 44.6 Å². The number of ether oxygens (including phenoxy) is 1. The largest absolute Gasteiger partial charge is 0.463 e. The summed E-state index contributed by atoms with van der Waals surface area (Å²) >= 11 is 2.27. The van der Waals surface area contributed by atoms with Crippen molar-refractivity contribution in [1.29, 1.82) is 0 Å². The van der Waals surface area contributed by atoms with Gasteiger partial charge >= 0.3 is 5.97 Å². The molecule has 1 aliphatic carbocycles. The molecule has 126 valence electrons. The molecule has 0 aromatic heterocycles. The third-order valence-corrected chi connectivity index (χ3v) is 5.47. The van der Waals surface area contributed by atoms with Crippen molar-refractivity contribution < 1.29 is 14.3 Å². The number of esters is 1. The normalized spacial score (nSPS) is 20.6. The molecule has 0 saturated carbocycles. The lowest BCUT2D eigenvalue weighted by molar-refractivity contribution is -0.138. The first-order valence-corrected chi connectivity index (χ1v) is 9.28. The van der Waals surface area contributed by atoms with Crippen molar-refractivity contribution in [2.24, 2.45) is 0 Å². The van der Waals surface area contributed by atoms with Crippen LogP contribution in [0.5, 0.6) is 0 Å². The molecule has 1 N–H and O–H groups in total. The molecule has 3 rings (SSSR count). The number of carbonyl (C=O) groups excluding carboxylic acids is 2. The fourth-order valence-corrected chi connectivity index (χ4v) is 4.18. The molecule has 0 spiro atoms. The Morgan fingerprint density at radius 3 is 2.79 bits per heavy atom. The van der Waals surface area contributed by atoms with Gasteiger partial charge in [0.25, 0.3) is 0 Å². The first-order chi connectivity index (χ1) is 11.5. The zero-order chi connectivity index (χ0) is 17.3. The number of hydrogen-bond donors (Lipinski definition) is 1. The molecule has 0 amide bonds. The van der Waals surface area contributed by atoms with Crippen molar-refractivity contribution in [3.8, 4) is 0 Å². The van der Waals surface area contributed by atoms with E-state index in [2.05, 4.69) is 27.9 Å². The lowest BCUT2D eigenvalue weighted by atomic mass is 9.75. The van der Waals surface area contributed by atoms with Crippen LogP contribution in [0, 0.1) is 3.57 Å². The Kier molecular flexibility index (Phi) is 5.08. The van der Waals surface area contributed by atoms with Crippen LogP contribution in [0.15, 0.2) is 46.8 Å². The summed E-state index contributed by atoms with van der Waals surface area (Å²) in [4.78, 5) is 25.3. The second-order valence-corrected chi connectivity index (χ2v) is 7.17. The lowest BCUT2D eigenvalue weighted by Gasteiger charge is -2.34. The third kappa shape index (κ3) is 3.01. The van der Waals surface area contributed by atoms with Gasteiger partial charge < -0.3 is 10.1 Å². The summed E-state index contributed by atoms with van der Waals surface area (Å²) in [6, 6.07) is 7.91.